The highest BCUT2D eigenvalue weighted by atomic mass is 32.2. The van der Waals surface area contributed by atoms with Crippen LogP contribution in [0.1, 0.15) is 33.5 Å². The Kier molecular flexibility index (Phi) is 7.83. The lowest BCUT2D eigenvalue weighted by atomic mass is 10.1. The molecule has 3 aromatic rings. The van der Waals surface area contributed by atoms with Crippen LogP contribution in [-0.2, 0) is 27.2 Å². The molecule has 0 bridgehead atoms. The molecule has 4 atom stereocenters. The van der Waals surface area contributed by atoms with Gasteiger partial charge in [0.15, 0.2) is 5.78 Å². The van der Waals surface area contributed by atoms with Gasteiger partial charge in [0.1, 0.15) is 18.3 Å². The Morgan fingerprint density at radius 2 is 2.05 bits per heavy atom. The van der Waals surface area contributed by atoms with Crippen LogP contribution in [0.4, 0.5) is 23.4 Å². The lowest BCUT2D eigenvalue weighted by molar-refractivity contribution is -0.137. The number of aliphatic hydroxyl groups is 1. The molecular weight excluding hydrogens is 534 g/mol. The van der Waals surface area contributed by atoms with Gasteiger partial charge in [-0.1, -0.05) is 12.1 Å². The summed E-state index contributed by atoms with van der Waals surface area (Å²) in [6.45, 7) is -0.438. The molecule has 4 N–H and O–H groups in total. The summed E-state index contributed by atoms with van der Waals surface area (Å²) in [4.78, 5) is 21.1. The Bertz CT molecular complexity index is 1410. The first-order valence-corrected chi connectivity index (χ1v) is 12.7. The van der Waals surface area contributed by atoms with Crippen LogP contribution in [0.2, 0.25) is 0 Å². The van der Waals surface area contributed by atoms with Crippen molar-refractivity contribution in [2.45, 2.75) is 37.5 Å². The van der Waals surface area contributed by atoms with Crippen LogP contribution in [0.5, 0.6) is 0 Å². The van der Waals surface area contributed by atoms with Gasteiger partial charge < -0.3 is 15.0 Å². The quantitative estimate of drug-likeness (QED) is 0.268. The van der Waals surface area contributed by atoms with Gasteiger partial charge >= 0.3 is 16.5 Å². The van der Waals surface area contributed by atoms with E-state index in [-0.39, 0.29) is 29.9 Å². The van der Waals surface area contributed by atoms with Crippen molar-refractivity contribution in [3.8, 4) is 0 Å². The molecule has 1 aliphatic carbocycles. The van der Waals surface area contributed by atoms with Crippen LogP contribution in [0, 0.1) is 5.92 Å². The molecule has 0 amide bonds. The van der Waals surface area contributed by atoms with Gasteiger partial charge in [-0.3, -0.25) is 8.98 Å². The maximum atomic E-state index is 14.8. The number of alkyl halides is 4. The number of carbonyl (C=O) groups excluding carboxylic acids is 1. The number of rotatable bonds is 9. The minimum absolute atomic E-state index is 0.00440. The van der Waals surface area contributed by atoms with E-state index >= 15 is 0 Å². The van der Waals surface area contributed by atoms with Crippen LogP contribution in [0.3, 0.4) is 0 Å². The number of nitrogens with zero attached hydrogens (tertiary/aromatic N) is 3. The van der Waals surface area contributed by atoms with Crippen molar-refractivity contribution < 1.29 is 40.1 Å². The van der Waals surface area contributed by atoms with E-state index in [1.807, 2.05) is 0 Å². The number of ketones is 1. The Hall–Kier alpha value is -3.40. The van der Waals surface area contributed by atoms with Crippen LogP contribution in [0.25, 0.3) is 0 Å². The van der Waals surface area contributed by atoms with Crippen molar-refractivity contribution >= 4 is 21.9 Å². The van der Waals surface area contributed by atoms with Crippen molar-refractivity contribution in [3.63, 3.8) is 0 Å². The van der Waals surface area contributed by atoms with E-state index < -0.39 is 58.7 Å². The van der Waals surface area contributed by atoms with Gasteiger partial charge in [0.2, 0.25) is 0 Å². The zero-order chi connectivity index (χ0) is 27.7. The number of carbonyl (C=O) groups is 1. The van der Waals surface area contributed by atoms with Crippen LogP contribution in [0.15, 0.2) is 55.2 Å². The fourth-order valence-corrected chi connectivity index (χ4v) is 4.62. The summed E-state index contributed by atoms with van der Waals surface area (Å²) in [6, 6.07) is 5.29. The molecule has 2 aromatic heterocycles. The molecule has 2 heterocycles. The Morgan fingerprint density at radius 1 is 1.29 bits per heavy atom. The summed E-state index contributed by atoms with van der Waals surface area (Å²) in [5.74, 6) is -1.42. The number of aromatic nitrogens is 3. The highest BCUT2D eigenvalue weighted by Gasteiger charge is 2.44. The monoisotopic (exact) mass is 557 g/mol. The second-order valence-electron chi connectivity index (χ2n) is 8.84. The topological polar surface area (TPSA) is 149 Å². The third kappa shape index (κ3) is 6.53. The normalized spacial score (nSPS) is 21.9. The van der Waals surface area contributed by atoms with Gasteiger partial charge in [0.05, 0.1) is 29.9 Å². The van der Waals surface area contributed by atoms with Gasteiger partial charge in [-0.05, 0) is 30.2 Å². The van der Waals surface area contributed by atoms with Crippen molar-refractivity contribution in [1.29, 1.82) is 0 Å². The third-order valence-electron chi connectivity index (χ3n) is 6.11. The van der Waals surface area contributed by atoms with E-state index in [1.54, 1.807) is 4.57 Å². The average molecular weight is 558 g/mol. The number of nitrogens with two attached hydrogens (primary N) is 1. The zero-order valence-electron chi connectivity index (χ0n) is 19.5. The number of nitrogens with one attached hydrogen (secondary N) is 1. The molecule has 1 aliphatic rings. The number of halogens is 4. The minimum Gasteiger partial charge on any atom is -0.390 e. The van der Waals surface area contributed by atoms with E-state index in [4.69, 9.17) is 5.14 Å². The second-order valence-corrected chi connectivity index (χ2v) is 10.1. The summed E-state index contributed by atoms with van der Waals surface area (Å²) in [5, 5.41) is 17.7. The predicted molar refractivity (Wildman–Crippen MR) is 126 cm³/mol. The van der Waals surface area contributed by atoms with Gasteiger partial charge in [-0.25, -0.2) is 19.5 Å². The summed E-state index contributed by atoms with van der Waals surface area (Å²) in [7, 11) is -4.28. The number of hydrogen-bond acceptors (Lipinski definition) is 8. The maximum Gasteiger partial charge on any atom is 0.416 e. The fraction of sp³-hybridized carbons (Fsp3) is 0.348. The molecule has 15 heteroatoms. The molecule has 0 aliphatic heterocycles. The van der Waals surface area contributed by atoms with Gasteiger partial charge in [0, 0.05) is 36.6 Å². The standard InChI is InChI=1S/C23H23F4N5O5S/c24-19-18(7-15(21(19)34)11-37-38(28,35)36)31-22-17(8-29-12-30-22)20(33)14-4-5-32(10-14)9-13-2-1-3-16(6-13)23(25,26)27/h1-6,8,10,12,15,18-19,21,34H,7,9,11H2,(H2,28,35,36)(H,29,30,31)/t15-,18+,19+,21+/m0/s1. The van der Waals surface area contributed by atoms with Crippen LogP contribution in [-0.4, -0.2) is 58.8 Å². The molecule has 4 rings (SSSR count). The summed E-state index contributed by atoms with van der Waals surface area (Å²) in [5.41, 5.74) is -0.209. The number of aliphatic hydroxyl groups excluding tert-OH is 1. The molecule has 0 unspecified atom stereocenters. The minimum atomic E-state index is -4.48. The molecule has 0 radical (unpaired) electrons. The van der Waals surface area contributed by atoms with E-state index in [0.717, 1.165) is 18.5 Å². The number of benzene rings is 1. The largest absolute Gasteiger partial charge is 0.416 e. The Balaban J connectivity index is 1.47. The fourth-order valence-electron chi connectivity index (χ4n) is 4.25. The average Bonchev–Trinajstić information content (AvgIpc) is 3.42. The number of hydrogen-bond donors (Lipinski definition) is 3. The molecule has 0 spiro atoms. The number of anilines is 1. The smallest absolute Gasteiger partial charge is 0.390 e. The molecule has 1 fully saturated rings. The first-order chi connectivity index (χ1) is 17.8. The van der Waals surface area contributed by atoms with Gasteiger partial charge in [-0.15, -0.1) is 0 Å². The maximum absolute atomic E-state index is 14.8. The lowest BCUT2D eigenvalue weighted by Gasteiger charge is -2.18. The Labute approximate surface area is 214 Å². The summed E-state index contributed by atoms with van der Waals surface area (Å²) in [6.07, 6.45) is -2.53. The molecule has 0 saturated heterocycles. The molecule has 10 nitrogen and oxygen atoms in total. The van der Waals surface area contributed by atoms with E-state index in [0.29, 0.717) is 5.56 Å². The lowest BCUT2D eigenvalue weighted by Crippen LogP contribution is -2.33. The van der Waals surface area contributed by atoms with Crippen molar-refractivity contribution in [3.05, 3.63) is 77.5 Å². The van der Waals surface area contributed by atoms with Crippen LogP contribution < -0.4 is 10.5 Å². The summed E-state index contributed by atoms with van der Waals surface area (Å²) < 4.78 is 81.8. The zero-order valence-corrected chi connectivity index (χ0v) is 20.4. The SMILES string of the molecule is NS(=O)(=O)OC[C@@H]1C[C@@H](Nc2ncncc2C(=O)c2ccn(Cc3cccc(C(F)(F)F)c3)c2)[C@@H](F)[C@@H]1O. The van der Waals surface area contributed by atoms with Crippen molar-refractivity contribution in [2.75, 3.05) is 11.9 Å². The predicted octanol–water partition coefficient (Wildman–Crippen LogP) is 2.30. The van der Waals surface area contributed by atoms with Crippen molar-refractivity contribution in [1.82, 2.24) is 14.5 Å². The highest BCUT2D eigenvalue weighted by molar-refractivity contribution is 7.84. The van der Waals surface area contributed by atoms with E-state index in [9.17, 15) is 35.9 Å². The highest BCUT2D eigenvalue weighted by Crippen LogP contribution is 2.33. The van der Waals surface area contributed by atoms with Gasteiger partial charge in [0.25, 0.3) is 0 Å². The van der Waals surface area contributed by atoms with Crippen LogP contribution >= 0.6 is 0 Å². The molecular formula is C23H23F4N5O5S. The first-order valence-electron chi connectivity index (χ1n) is 11.2. The van der Waals surface area contributed by atoms with Crippen molar-refractivity contribution in [2.24, 2.45) is 11.1 Å². The second kappa shape index (κ2) is 10.8. The molecule has 204 valence electrons. The van der Waals surface area contributed by atoms with E-state index in [1.165, 1.54) is 36.8 Å². The summed E-state index contributed by atoms with van der Waals surface area (Å²) >= 11 is 0. The molecule has 1 saturated carbocycles. The molecule has 38 heavy (non-hydrogen) atoms. The Morgan fingerprint density at radius 3 is 2.76 bits per heavy atom. The van der Waals surface area contributed by atoms with E-state index in [2.05, 4.69) is 19.5 Å². The van der Waals surface area contributed by atoms with Gasteiger partial charge in [-0.2, -0.15) is 21.6 Å². The third-order valence-corrected chi connectivity index (χ3v) is 6.57. The first kappa shape index (κ1) is 27.6. The molecule has 1 aromatic carbocycles.